The zero-order valence-corrected chi connectivity index (χ0v) is 13.3. The largest absolute Gasteiger partial charge is 0.327 e. The lowest BCUT2D eigenvalue weighted by Crippen LogP contribution is -2.32. The first-order chi connectivity index (χ1) is 9.58. The average molecular weight is 285 g/mol. The van der Waals surface area contributed by atoms with Crippen molar-refractivity contribution in [1.82, 2.24) is 0 Å². The number of rotatable bonds is 7. The molecule has 0 aliphatic rings. The molecular weight excluding hydrogens is 256 g/mol. The van der Waals surface area contributed by atoms with Gasteiger partial charge in [-0.05, 0) is 48.9 Å². The SMILES string of the molecule is CC.CCCC(CCC)C(N)Cc1cc(F)ccc1F. The van der Waals surface area contributed by atoms with E-state index in [4.69, 9.17) is 5.73 Å². The summed E-state index contributed by atoms with van der Waals surface area (Å²) in [6.45, 7) is 8.25. The second-order valence-corrected chi connectivity index (χ2v) is 4.94. The van der Waals surface area contributed by atoms with Crippen molar-refractivity contribution < 1.29 is 8.78 Å². The highest BCUT2D eigenvalue weighted by atomic mass is 19.1. The van der Waals surface area contributed by atoms with Crippen molar-refractivity contribution >= 4 is 0 Å². The van der Waals surface area contributed by atoms with E-state index in [9.17, 15) is 8.78 Å². The Balaban J connectivity index is 0.00000172. The highest BCUT2D eigenvalue weighted by Gasteiger charge is 2.18. The molecule has 116 valence electrons. The molecule has 1 aromatic rings. The van der Waals surface area contributed by atoms with Gasteiger partial charge in [-0.25, -0.2) is 8.78 Å². The van der Waals surface area contributed by atoms with Crippen LogP contribution in [0.25, 0.3) is 0 Å². The van der Waals surface area contributed by atoms with E-state index in [1.807, 2.05) is 13.8 Å². The smallest absolute Gasteiger partial charge is 0.126 e. The molecule has 0 amide bonds. The van der Waals surface area contributed by atoms with Crippen LogP contribution in [-0.4, -0.2) is 6.04 Å². The average Bonchev–Trinajstić information content (AvgIpc) is 2.45. The van der Waals surface area contributed by atoms with E-state index in [2.05, 4.69) is 13.8 Å². The first-order valence-corrected chi connectivity index (χ1v) is 7.78. The lowest BCUT2D eigenvalue weighted by molar-refractivity contribution is 0.357. The van der Waals surface area contributed by atoms with Gasteiger partial charge in [-0.2, -0.15) is 0 Å². The van der Waals surface area contributed by atoms with E-state index in [0.29, 0.717) is 17.9 Å². The summed E-state index contributed by atoms with van der Waals surface area (Å²) in [7, 11) is 0. The van der Waals surface area contributed by atoms with Crippen LogP contribution >= 0.6 is 0 Å². The van der Waals surface area contributed by atoms with E-state index in [0.717, 1.165) is 31.7 Å². The Kier molecular flexibility index (Phi) is 10.3. The monoisotopic (exact) mass is 285 g/mol. The van der Waals surface area contributed by atoms with Gasteiger partial charge in [-0.15, -0.1) is 0 Å². The first kappa shape index (κ1) is 19.0. The number of nitrogens with two attached hydrogens (primary N) is 1. The molecule has 1 atom stereocenters. The third-order valence-corrected chi connectivity index (χ3v) is 3.39. The minimum absolute atomic E-state index is 0.0961. The second kappa shape index (κ2) is 10.8. The van der Waals surface area contributed by atoms with Crippen molar-refractivity contribution in [3.8, 4) is 0 Å². The van der Waals surface area contributed by atoms with Gasteiger partial charge in [0.05, 0.1) is 0 Å². The Morgan fingerprint density at radius 2 is 1.60 bits per heavy atom. The van der Waals surface area contributed by atoms with Gasteiger partial charge in [-0.3, -0.25) is 0 Å². The molecule has 0 spiro atoms. The zero-order valence-electron chi connectivity index (χ0n) is 13.3. The predicted octanol–water partition coefficient (Wildman–Crippen LogP) is 5.08. The summed E-state index contributed by atoms with van der Waals surface area (Å²) in [5.41, 5.74) is 6.54. The molecule has 1 nitrogen and oxygen atoms in total. The van der Waals surface area contributed by atoms with Crippen LogP contribution in [0.15, 0.2) is 18.2 Å². The molecule has 0 aromatic heterocycles. The number of hydrogen-bond acceptors (Lipinski definition) is 1. The molecule has 3 heteroatoms. The predicted molar refractivity (Wildman–Crippen MR) is 82.7 cm³/mol. The molecule has 1 aromatic carbocycles. The van der Waals surface area contributed by atoms with Crippen molar-refractivity contribution in [2.24, 2.45) is 11.7 Å². The second-order valence-electron chi connectivity index (χ2n) is 4.94. The number of halogens is 2. The van der Waals surface area contributed by atoms with Crippen LogP contribution in [0.4, 0.5) is 8.78 Å². The fourth-order valence-corrected chi connectivity index (χ4v) is 2.43. The topological polar surface area (TPSA) is 26.0 Å². The van der Waals surface area contributed by atoms with Crippen LogP contribution in [0.1, 0.15) is 58.9 Å². The van der Waals surface area contributed by atoms with Crippen molar-refractivity contribution in [1.29, 1.82) is 0 Å². The van der Waals surface area contributed by atoms with Crippen LogP contribution < -0.4 is 5.73 Å². The van der Waals surface area contributed by atoms with Gasteiger partial charge in [0.1, 0.15) is 11.6 Å². The quantitative estimate of drug-likeness (QED) is 0.743. The number of hydrogen-bond donors (Lipinski definition) is 1. The molecule has 2 N–H and O–H groups in total. The Morgan fingerprint density at radius 1 is 1.05 bits per heavy atom. The van der Waals surface area contributed by atoms with E-state index >= 15 is 0 Å². The fraction of sp³-hybridized carbons (Fsp3) is 0.647. The standard InChI is InChI=1S/C15H23F2N.C2H6/c1-3-5-11(6-4-2)15(18)10-12-9-13(16)7-8-14(12)17;1-2/h7-9,11,15H,3-6,10,18H2,1-2H3;1-2H3. The van der Waals surface area contributed by atoms with Crippen LogP contribution in [0.2, 0.25) is 0 Å². The van der Waals surface area contributed by atoms with Gasteiger partial charge >= 0.3 is 0 Å². The molecule has 0 aliphatic heterocycles. The van der Waals surface area contributed by atoms with Crippen LogP contribution in [-0.2, 0) is 6.42 Å². The lowest BCUT2D eigenvalue weighted by atomic mass is 9.87. The molecule has 0 bridgehead atoms. The van der Waals surface area contributed by atoms with Crippen molar-refractivity contribution in [2.75, 3.05) is 0 Å². The van der Waals surface area contributed by atoms with Gasteiger partial charge in [0, 0.05) is 6.04 Å². The molecule has 1 rings (SSSR count). The molecule has 20 heavy (non-hydrogen) atoms. The highest BCUT2D eigenvalue weighted by Crippen LogP contribution is 2.21. The minimum atomic E-state index is -0.402. The highest BCUT2D eigenvalue weighted by molar-refractivity contribution is 5.19. The van der Waals surface area contributed by atoms with Gasteiger partial charge in [0.25, 0.3) is 0 Å². The molecule has 0 fully saturated rings. The summed E-state index contributed by atoms with van der Waals surface area (Å²) in [6.07, 6.45) is 4.65. The zero-order chi connectivity index (χ0) is 15.5. The molecule has 0 aliphatic carbocycles. The molecule has 0 saturated heterocycles. The van der Waals surface area contributed by atoms with Crippen LogP contribution in [0.3, 0.4) is 0 Å². The maximum atomic E-state index is 13.5. The Labute approximate surface area is 122 Å². The van der Waals surface area contributed by atoms with Gasteiger partial charge in [-0.1, -0.05) is 40.5 Å². The molecule has 1 unspecified atom stereocenters. The summed E-state index contributed by atoms with van der Waals surface area (Å²) in [6, 6.07) is 3.47. The summed E-state index contributed by atoms with van der Waals surface area (Å²) >= 11 is 0. The summed E-state index contributed by atoms with van der Waals surface area (Å²) < 4.78 is 26.6. The maximum absolute atomic E-state index is 13.5. The summed E-state index contributed by atoms with van der Waals surface area (Å²) in [5, 5.41) is 0. The van der Waals surface area contributed by atoms with E-state index in [-0.39, 0.29) is 11.9 Å². The molecule has 0 heterocycles. The van der Waals surface area contributed by atoms with Crippen molar-refractivity contribution in [3.63, 3.8) is 0 Å². The van der Waals surface area contributed by atoms with Gasteiger partial charge in [0.15, 0.2) is 0 Å². The van der Waals surface area contributed by atoms with E-state index in [1.54, 1.807) is 0 Å². The normalized spacial score (nSPS) is 12.0. The fourth-order valence-electron chi connectivity index (χ4n) is 2.43. The summed E-state index contributed by atoms with van der Waals surface area (Å²) in [5.74, 6) is -0.373. The maximum Gasteiger partial charge on any atom is 0.126 e. The van der Waals surface area contributed by atoms with Gasteiger partial charge in [0.2, 0.25) is 0 Å². The Bertz CT molecular complexity index is 360. The lowest BCUT2D eigenvalue weighted by Gasteiger charge is -2.23. The third-order valence-electron chi connectivity index (χ3n) is 3.39. The summed E-state index contributed by atoms with van der Waals surface area (Å²) in [4.78, 5) is 0. The van der Waals surface area contributed by atoms with E-state index < -0.39 is 5.82 Å². The molecule has 0 radical (unpaired) electrons. The molecule has 0 saturated carbocycles. The van der Waals surface area contributed by atoms with Crippen LogP contribution in [0, 0.1) is 17.6 Å². The Hall–Kier alpha value is -0.960. The van der Waals surface area contributed by atoms with Crippen molar-refractivity contribution in [2.45, 2.75) is 65.8 Å². The Morgan fingerprint density at radius 3 is 2.10 bits per heavy atom. The number of benzene rings is 1. The van der Waals surface area contributed by atoms with Gasteiger partial charge < -0.3 is 5.73 Å². The first-order valence-electron chi connectivity index (χ1n) is 7.78. The third kappa shape index (κ3) is 6.47. The van der Waals surface area contributed by atoms with Crippen LogP contribution in [0.5, 0.6) is 0 Å². The molecular formula is C17H29F2N. The minimum Gasteiger partial charge on any atom is -0.327 e. The van der Waals surface area contributed by atoms with E-state index in [1.165, 1.54) is 12.1 Å². The van der Waals surface area contributed by atoms with Crippen molar-refractivity contribution in [3.05, 3.63) is 35.4 Å².